The summed E-state index contributed by atoms with van der Waals surface area (Å²) in [6.07, 6.45) is 3.31. The average molecular weight is 138 g/mol. The summed E-state index contributed by atoms with van der Waals surface area (Å²) in [5.41, 5.74) is 0. The molecule has 2 heteroatoms. The van der Waals surface area contributed by atoms with Crippen molar-refractivity contribution in [3.8, 4) is 6.07 Å². The van der Waals surface area contributed by atoms with Crippen molar-refractivity contribution in [2.24, 2.45) is 0 Å². The summed E-state index contributed by atoms with van der Waals surface area (Å²) in [5, 5.41) is 8.42. The van der Waals surface area contributed by atoms with Gasteiger partial charge in [-0.05, 0) is 32.9 Å². The first-order chi connectivity index (χ1) is 4.84. The SMILES string of the molecule is C[C@H](CC#N)N1CCCC1. The summed E-state index contributed by atoms with van der Waals surface area (Å²) < 4.78 is 0. The normalized spacial score (nSPS) is 22.4. The molecule has 0 bridgehead atoms. The molecule has 0 radical (unpaired) electrons. The van der Waals surface area contributed by atoms with Gasteiger partial charge in [-0.2, -0.15) is 5.26 Å². The lowest BCUT2D eigenvalue weighted by Crippen LogP contribution is -2.29. The summed E-state index contributed by atoms with van der Waals surface area (Å²) in [7, 11) is 0. The lowest BCUT2D eigenvalue weighted by molar-refractivity contribution is 0.262. The highest BCUT2D eigenvalue weighted by molar-refractivity contribution is 4.81. The van der Waals surface area contributed by atoms with E-state index in [2.05, 4.69) is 17.9 Å². The van der Waals surface area contributed by atoms with E-state index in [4.69, 9.17) is 5.26 Å². The lowest BCUT2D eigenvalue weighted by Gasteiger charge is -2.20. The number of likely N-dealkylation sites (tertiary alicyclic amines) is 1. The van der Waals surface area contributed by atoms with Crippen LogP contribution in [-0.4, -0.2) is 24.0 Å². The third kappa shape index (κ3) is 1.71. The molecule has 0 aromatic heterocycles. The molecule has 10 heavy (non-hydrogen) atoms. The van der Waals surface area contributed by atoms with Gasteiger partial charge in [0.2, 0.25) is 0 Å². The van der Waals surface area contributed by atoms with E-state index >= 15 is 0 Å². The van der Waals surface area contributed by atoms with Crippen LogP contribution in [0, 0.1) is 11.3 Å². The lowest BCUT2D eigenvalue weighted by atomic mass is 10.2. The second kappa shape index (κ2) is 3.58. The smallest absolute Gasteiger partial charge is 0.0638 e. The molecule has 1 atom stereocenters. The predicted octanol–water partition coefficient (Wildman–Crippen LogP) is 1.38. The van der Waals surface area contributed by atoms with Crippen LogP contribution >= 0.6 is 0 Å². The molecule has 1 rings (SSSR count). The molecule has 0 unspecified atom stereocenters. The fourth-order valence-electron chi connectivity index (χ4n) is 1.44. The van der Waals surface area contributed by atoms with E-state index in [-0.39, 0.29) is 0 Å². The molecule has 56 valence electrons. The first kappa shape index (κ1) is 7.56. The van der Waals surface area contributed by atoms with Gasteiger partial charge >= 0.3 is 0 Å². The highest BCUT2D eigenvalue weighted by Gasteiger charge is 2.16. The van der Waals surface area contributed by atoms with Crippen molar-refractivity contribution in [1.82, 2.24) is 4.90 Å². The molecule has 1 aliphatic rings. The second-order valence-corrected chi connectivity index (χ2v) is 2.95. The van der Waals surface area contributed by atoms with Gasteiger partial charge in [0.05, 0.1) is 12.5 Å². The molecule has 0 aromatic rings. The number of rotatable bonds is 2. The van der Waals surface area contributed by atoms with E-state index in [0.29, 0.717) is 12.5 Å². The van der Waals surface area contributed by atoms with Crippen molar-refractivity contribution in [1.29, 1.82) is 5.26 Å². The van der Waals surface area contributed by atoms with Crippen LogP contribution in [-0.2, 0) is 0 Å². The Balaban J connectivity index is 2.26. The quantitative estimate of drug-likeness (QED) is 0.576. The molecule has 0 spiro atoms. The summed E-state index contributed by atoms with van der Waals surface area (Å²) in [6.45, 7) is 4.53. The van der Waals surface area contributed by atoms with Gasteiger partial charge in [0.1, 0.15) is 0 Å². The van der Waals surface area contributed by atoms with Crippen LogP contribution in [0.2, 0.25) is 0 Å². The van der Waals surface area contributed by atoms with E-state index < -0.39 is 0 Å². The largest absolute Gasteiger partial charge is 0.300 e. The zero-order valence-corrected chi connectivity index (χ0v) is 6.51. The third-order valence-corrected chi connectivity index (χ3v) is 2.15. The van der Waals surface area contributed by atoms with Crippen molar-refractivity contribution in [2.75, 3.05) is 13.1 Å². The number of hydrogen-bond acceptors (Lipinski definition) is 2. The Kier molecular flexibility index (Phi) is 2.70. The Morgan fingerprint density at radius 3 is 2.60 bits per heavy atom. The van der Waals surface area contributed by atoms with Crippen molar-refractivity contribution >= 4 is 0 Å². The molecule has 0 aromatic carbocycles. The van der Waals surface area contributed by atoms with E-state index in [9.17, 15) is 0 Å². The van der Waals surface area contributed by atoms with Gasteiger partial charge in [-0.3, -0.25) is 4.90 Å². The number of nitriles is 1. The van der Waals surface area contributed by atoms with Crippen LogP contribution in [0.3, 0.4) is 0 Å². The topological polar surface area (TPSA) is 27.0 Å². The minimum atomic E-state index is 0.479. The first-order valence-corrected chi connectivity index (χ1v) is 3.95. The Bertz CT molecular complexity index is 131. The maximum absolute atomic E-state index is 8.42. The number of hydrogen-bond donors (Lipinski definition) is 0. The maximum atomic E-state index is 8.42. The fourth-order valence-corrected chi connectivity index (χ4v) is 1.44. The Hall–Kier alpha value is -0.550. The van der Waals surface area contributed by atoms with Gasteiger partial charge in [-0.25, -0.2) is 0 Å². The minimum Gasteiger partial charge on any atom is -0.300 e. The van der Waals surface area contributed by atoms with Gasteiger partial charge in [0, 0.05) is 6.04 Å². The molecule has 1 saturated heterocycles. The Morgan fingerprint density at radius 1 is 1.50 bits per heavy atom. The zero-order chi connectivity index (χ0) is 7.40. The van der Waals surface area contributed by atoms with Crippen LogP contribution in [0.25, 0.3) is 0 Å². The highest BCUT2D eigenvalue weighted by atomic mass is 15.2. The molecule has 1 heterocycles. The fraction of sp³-hybridized carbons (Fsp3) is 0.875. The molecule has 0 amide bonds. The summed E-state index contributed by atoms with van der Waals surface area (Å²) >= 11 is 0. The first-order valence-electron chi connectivity index (χ1n) is 3.95. The summed E-state index contributed by atoms with van der Waals surface area (Å²) in [6, 6.07) is 2.68. The van der Waals surface area contributed by atoms with E-state index in [1.54, 1.807) is 0 Å². The molecular formula is C8H14N2. The van der Waals surface area contributed by atoms with Gasteiger partial charge in [0.25, 0.3) is 0 Å². The Labute approximate surface area is 62.4 Å². The van der Waals surface area contributed by atoms with Crippen molar-refractivity contribution in [2.45, 2.75) is 32.2 Å². The van der Waals surface area contributed by atoms with Gasteiger partial charge in [-0.1, -0.05) is 0 Å². The van der Waals surface area contributed by atoms with Crippen LogP contribution in [0.1, 0.15) is 26.2 Å². The van der Waals surface area contributed by atoms with Gasteiger partial charge in [-0.15, -0.1) is 0 Å². The van der Waals surface area contributed by atoms with Gasteiger partial charge in [0.15, 0.2) is 0 Å². The molecular weight excluding hydrogens is 124 g/mol. The van der Waals surface area contributed by atoms with Crippen molar-refractivity contribution in [3.63, 3.8) is 0 Å². The van der Waals surface area contributed by atoms with Crippen LogP contribution in [0.4, 0.5) is 0 Å². The molecule has 0 aliphatic carbocycles. The van der Waals surface area contributed by atoms with E-state index in [0.717, 1.165) is 0 Å². The minimum absolute atomic E-state index is 0.479. The highest BCUT2D eigenvalue weighted by Crippen LogP contribution is 2.12. The van der Waals surface area contributed by atoms with Gasteiger partial charge < -0.3 is 0 Å². The predicted molar refractivity (Wildman–Crippen MR) is 40.5 cm³/mol. The second-order valence-electron chi connectivity index (χ2n) is 2.95. The zero-order valence-electron chi connectivity index (χ0n) is 6.51. The number of nitrogens with zero attached hydrogens (tertiary/aromatic N) is 2. The Morgan fingerprint density at radius 2 is 2.10 bits per heavy atom. The standard InChI is InChI=1S/C8H14N2/c1-8(4-5-9)10-6-2-3-7-10/h8H,2-4,6-7H2,1H3/t8-/m1/s1. The van der Waals surface area contributed by atoms with Crippen molar-refractivity contribution in [3.05, 3.63) is 0 Å². The molecule has 0 saturated carbocycles. The van der Waals surface area contributed by atoms with Crippen LogP contribution < -0.4 is 0 Å². The maximum Gasteiger partial charge on any atom is 0.0638 e. The summed E-state index contributed by atoms with van der Waals surface area (Å²) in [4.78, 5) is 2.39. The van der Waals surface area contributed by atoms with E-state index in [1.165, 1.54) is 25.9 Å². The molecule has 2 nitrogen and oxygen atoms in total. The van der Waals surface area contributed by atoms with Crippen LogP contribution in [0.5, 0.6) is 0 Å². The average Bonchev–Trinajstić information content (AvgIpc) is 2.38. The van der Waals surface area contributed by atoms with Crippen molar-refractivity contribution < 1.29 is 0 Å². The van der Waals surface area contributed by atoms with Crippen LogP contribution in [0.15, 0.2) is 0 Å². The molecule has 0 N–H and O–H groups in total. The third-order valence-electron chi connectivity index (χ3n) is 2.15. The monoisotopic (exact) mass is 138 g/mol. The molecule has 1 aliphatic heterocycles. The molecule has 1 fully saturated rings. The van der Waals surface area contributed by atoms with E-state index in [1.807, 2.05) is 0 Å². The summed E-state index contributed by atoms with van der Waals surface area (Å²) in [5.74, 6) is 0.